The zero-order valence-corrected chi connectivity index (χ0v) is 20.4. The van der Waals surface area contributed by atoms with E-state index in [2.05, 4.69) is 4.72 Å². The molecule has 1 amide bonds. The third kappa shape index (κ3) is 4.89. The quantitative estimate of drug-likeness (QED) is 0.612. The summed E-state index contributed by atoms with van der Waals surface area (Å²) in [6, 6.07) is 12.0. The van der Waals surface area contributed by atoms with E-state index < -0.39 is 38.2 Å². The molecule has 3 rings (SSSR count). The van der Waals surface area contributed by atoms with Crippen molar-refractivity contribution < 1.29 is 27.5 Å². The fourth-order valence-electron chi connectivity index (χ4n) is 4.35. The molecule has 2 aromatic carbocycles. The number of nitrogens with zero attached hydrogens (tertiary/aromatic N) is 1. The molecule has 1 N–H and O–H groups in total. The summed E-state index contributed by atoms with van der Waals surface area (Å²) in [4.78, 5) is 12.3. The Morgan fingerprint density at radius 3 is 2.44 bits per heavy atom. The Morgan fingerprint density at radius 1 is 1.19 bits per heavy atom. The van der Waals surface area contributed by atoms with Gasteiger partial charge in [-0.1, -0.05) is 41.4 Å². The highest BCUT2D eigenvalue weighted by atomic mass is 35.5. The number of para-hydroxylation sites is 1. The Morgan fingerprint density at radius 2 is 1.84 bits per heavy atom. The van der Waals surface area contributed by atoms with Gasteiger partial charge >= 0.3 is 0 Å². The summed E-state index contributed by atoms with van der Waals surface area (Å²) >= 11 is 12.0. The van der Waals surface area contributed by atoms with Gasteiger partial charge in [0.25, 0.3) is 6.09 Å². The van der Waals surface area contributed by atoms with Crippen LogP contribution >= 0.6 is 23.2 Å². The van der Waals surface area contributed by atoms with Gasteiger partial charge in [-0.3, -0.25) is 4.48 Å². The maximum Gasteiger partial charge on any atom is 0.258 e. The van der Waals surface area contributed by atoms with E-state index in [4.69, 9.17) is 27.9 Å². The van der Waals surface area contributed by atoms with Crippen molar-refractivity contribution in [1.29, 1.82) is 0 Å². The van der Waals surface area contributed by atoms with E-state index in [0.717, 1.165) is 0 Å². The van der Waals surface area contributed by atoms with Gasteiger partial charge in [0.2, 0.25) is 10.0 Å². The summed E-state index contributed by atoms with van der Waals surface area (Å²) in [6.45, 7) is 5.48. The highest BCUT2D eigenvalue weighted by Gasteiger charge is 2.56. The first-order chi connectivity index (χ1) is 14.9. The summed E-state index contributed by atoms with van der Waals surface area (Å²) < 4.78 is 34.1. The van der Waals surface area contributed by atoms with Gasteiger partial charge in [-0.15, -0.1) is 0 Å². The summed E-state index contributed by atoms with van der Waals surface area (Å²) in [6.07, 6.45) is -1.03. The van der Waals surface area contributed by atoms with Crippen LogP contribution in [0.3, 0.4) is 0 Å². The van der Waals surface area contributed by atoms with Gasteiger partial charge in [0.05, 0.1) is 16.6 Å². The molecule has 2 aromatic rings. The number of sulfonamides is 1. The third-order valence-corrected chi connectivity index (χ3v) is 8.14. The molecule has 1 heterocycles. The largest absolute Gasteiger partial charge is 0.498 e. The zero-order valence-electron chi connectivity index (χ0n) is 18.0. The summed E-state index contributed by atoms with van der Waals surface area (Å²) in [5.41, 5.74) is -0.766. The minimum absolute atomic E-state index is 0.00602. The number of amides is 1. The molecule has 0 aromatic heterocycles. The smallest absolute Gasteiger partial charge is 0.258 e. The predicted molar refractivity (Wildman–Crippen MR) is 121 cm³/mol. The molecule has 0 bridgehead atoms. The number of halogens is 2. The van der Waals surface area contributed by atoms with Crippen LogP contribution in [0.2, 0.25) is 10.0 Å². The Balaban J connectivity index is 1.90. The van der Waals surface area contributed by atoms with Crippen molar-refractivity contribution in [3.63, 3.8) is 0 Å². The lowest BCUT2D eigenvalue weighted by Gasteiger charge is -2.49. The van der Waals surface area contributed by atoms with Gasteiger partial charge in [-0.05, 0) is 51.1 Å². The van der Waals surface area contributed by atoms with Crippen molar-refractivity contribution in [3.8, 4) is 5.75 Å². The summed E-state index contributed by atoms with van der Waals surface area (Å²) in [5.74, 6) is 0.604. The summed E-state index contributed by atoms with van der Waals surface area (Å²) in [5, 5.41) is 12.7. The predicted octanol–water partition coefficient (Wildman–Crippen LogP) is 3.45. The molecule has 32 heavy (non-hydrogen) atoms. The Labute approximate surface area is 198 Å². The van der Waals surface area contributed by atoms with E-state index in [1.807, 2.05) is 18.2 Å². The molecular formula is C22H26Cl2N2O5S. The van der Waals surface area contributed by atoms with Crippen molar-refractivity contribution in [1.82, 2.24) is 4.72 Å². The molecule has 1 saturated heterocycles. The van der Waals surface area contributed by atoms with Crippen molar-refractivity contribution in [2.45, 2.75) is 49.7 Å². The van der Waals surface area contributed by atoms with E-state index in [1.165, 1.54) is 18.2 Å². The first kappa shape index (κ1) is 24.8. The molecule has 1 aliphatic heterocycles. The topological polar surface area (TPSA) is 95.5 Å². The zero-order chi connectivity index (χ0) is 23.7. The monoisotopic (exact) mass is 500 g/mol. The average Bonchev–Trinajstić information content (AvgIpc) is 3.08. The number of hydrogen-bond donors (Lipinski definition) is 1. The van der Waals surface area contributed by atoms with Crippen LogP contribution in [0.1, 0.15) is 27.2 Å². The van der Waals surface area contributed by atoms with Crippen molar-refractivity contribution in [2.75, 3.05) is 13.2 Å². The van der Waals surface area contributed by atoms with Crippen molar-refractivity contribution in [2.24, 2.45) is 0 Å². The Bertz CT molecular complexity index is 1090. The first-order valence-corrected chi connectivity index (χ1v) is 12.4. The SMILES string of the molecule is CC(C)(C)[N+]1(C(=O)[O-])C[C@H](NS(=O)(=O)c2cc(Cl)ccc2Cl)C[C@@H]1COc1ccccc1. The van der Waals surface area contributed by atoms with Crippen LogP contribution in [0.25, 0.3) is 0 Å². The number of hydrogen-bond acceptors (Lipinski definition) is 5. The second kappa shape index (κ2) is 9.19. The number of carbonyl (C=O) groups excluding carboxylic acids is 1. The number of nitrogens with one attached hydrogen (secondary N) is 1. The lowest BCUT2D eigenvalue weighted by molar-refractivity contribution is -0.930. The van der Waals surface area contributed by atoms with Gasteiger partial charge in [-0.25, -0.2) is 13.1 Å². The lowest BCUT2D eigenvalue weighted by Crippen LogP contribution is -2.71. The normalized spacial score (nSPS) is 23.8. The number of rotatable bonds is 6. The lowest BCUT2D eigenvalue weighted by atomic mass is 10.00. The molecule has 1 aliphatic rings. The van der Waals surface area contributed by atoms with Gasteiger partial charge in [-0.2, -0.15) is 0 Å². The molecule has 0 saturated carbocycles. The molecule has 3 atom stereocenters. The molecule has 7 nitrogen and oxygen atoms in total. The van der Waals surface area contributed by atoms with E-state index in [0.29, 0.717) is 5.75 Å². The third-order valence-electron chi connectivity index (χ3n) is 5.90. The molecule has 1 unspecified atom stereocenters. The minimum atomic E-state index is -4.04. The number of ether oxygens (including phenoxy) is 1. The number of benzene rings is 2. The summed E-state index contributed by atoms with van der Waals surface area (Å²) in [7, 11) is -4.04. The number of quaternary nitrogens is 1. The molecule has 0 aliphatic carbocycles. The van der Waals surface area contributed by atoms with Gasteiger partial charge in [0.1, 0.15) is 29.8 Å². The van der Waals surface area contributed by atoms with Crippen LogP contribution in [0.5, 0.6) is 5.75 Å². The Kier molecular flexibility index (Phi) is 7.12. The molecule has 174 valence electrons. The van der Waals surface area contributed by atoms with Crippen LogP contribution in [0, 0.1) is 0 Å². The van der Waals surface area contributed by atoms with Crippen LogP contribution < -0.4 is 14.6 Å². The first-order valence-electron chi connectivity index (χ1n) is 10.1. The number of carbonyl (C=O) groups is 1. The number of carboxylic acid groups (broad SMARTS) is 1. The van der Waals surface area contributed by atoms with Gasteiger partial charge < -0.3 is 14.6 Å². The number of likely N-dealkylation sites (tertiary alicyclic amines) is 1. The van der Waals surface area contributed by atoms with Crippen LogP contribution in [-0.4, -0.2) is 49.8 Å². The van der Waals surface area contributed by atoms with Crippen LogP contribution in [0.15, 0.2) is 53.4 Å². The molecule has 0 spiro atoms. The van der Waals surface area contributed by atoms with E-state index in [-0.39, 0.29) is 34.5 Å². The van der Waals surface area contributed by atoms with Gasteiger partial charge in [0.15, 0.2) is 0 Å². The average molecular weight is 501 g/mol. The maximum atomic E-state index is 13.0. The second-order valence-corrected chi connectivity index (χ2v) is 11.4. The van der Waals surface area contributed by atoms with E-state index in [1.54, 1.807) is 32.9 Å². The molecular weight excluding hydrogens is 475 g/mol. The van der Waals surface area contributed by atoms with E-state index >= 15 is 0 Å². The van der Waals surface area contributed by atoms with E-state index in [9.17, 15) is 18.3 Å². The standard InChI is InChI=1S/C22H26Cl2N2O5S/c1-22(2,3)26(21(27)28)13-16(12-17(26)14-31-18-7-5-4-6-8-18)25-32(29,30)20-11-15(23)9-10-19(20)24/h4-11,16-17,25H,12-14H2,1-3H3/t16-,17-,26?/m1/s1. The van der Waals surface area contributed by atoms with Crippen molar-refractivity contribution in [3.05, 3.63) is 58.6 Å². The minimum Gasteiger partial charge on any atom is -0.498 e. The highest BCUT2D eigenvalue weighted by Crippen LogP contribution is 2.38. The van der Waals surface area contributed by atoms with Crippen LogP contribution in [0.4, 0.5) is 4.79 Å². The second-order valence-electron chi connectivity index (χ2n) is 8.89. The fourth-order valence-corrected chi connectivity index (χ4v) is 6.36. The maximum absolute atomic E-state index is 13.0. The van der Waals surface area contributed by atoms with Crippen molar-refractivity contribution >= 4 is 39.3 Å². The molecule has 10 heteroatoms. The molecule has 0 radical (unpaired) electrons. The molecule has 1 fully saturated rings. The fraction of sp³-hybridized carbons (Fsp3) is 0.409. The van der Waals surface area contributed by atoms with Gasteiger partial charge in [0, 0.05) is 11.4 Å². The van der Waals surface area contributed by atoms with Crippen LogP contribution in [-0.2, 0) is 10.0 Å². The Hall–Kier alpha value is -1.84. The highest BCUT2D eigenvalue weighted by molar-refractivity contribution is 7.89.